The fourth-order valence-electron chi connectivity index (χ4n) is 3.17. The molecule has 2 heterocycles. The molecular formula is C15H19N3O3. The molecule has 0 bridgehead atoms. The van der Waals surface area contributed by atoms with Gasteiger partial charge in [0, 0.05) is 24.8 Å². The number of carbonyl (C=O) groups excluding carboxylic acids is 2. The third kappa shape index (κ3) is 2.57. The number of rotatable bonds is 3. The van der Waals surface area contributed by atoms with Crippen LogP contribution in [0.1, 0.15) is 35.3 Å². The van der Waals surface area contributed by atoms with Gasteiger partial charge in [0.15, 0.2) is 0 Å². The monoisotopic (exact) mass is 289 g/mol. The second kappa shape index (κ2) is 5.02. The molecule has 2 N–H and O–H groups in total. The maximum absolute atomic E-state index is 12.2. The summed E-state index contributed by atoms with van der Waals surface area (Å²) in [6, 6.07) is 3.41. The van der Waals surface area contributed by atoms with Gasteiger partial charge >= 0.3 is 0 Å². The fourth-order valence-corrected chi connectivity index (χ4v) is 3.17. The molecule has 0 aromatic carbocycles. The summed E-state index contributed by atoms with van der Waals surface area (Å²) in [6.07, 6.45) is 3.66. The Morgan fingerprint density at radius 3 is 2.76 bits per heavy atom. The lowest BCUT2D eigenvalue weighted by Gasteiger charge is -2.30. The molecule has 1 aromatic heterocycles. The number of aromatic nitrogens is 1. The minimum Gasteiger partial charge on any atom is -0.349 e. The van der Waals surface area contributed by atoms with Crippen LogP contribution < -0.4 is 10.9 Å². The van der Waals surface area contributed by atoms with Crippen LogP contribution in [0.25, 0.3) is 0 Å². The number of amides is 2. The molecule has 1 aromatic rings. The van der Waals surface area contributed by atoms with E-state index in [9.17, 15) is 14.4 Å². The first-order valence-electron chi connectivity index (χ1n) is 7.24. The number of nitrogens with zero attached hydrogens (tertiary/aromatic N) is 1. The van der Waals surface area contributed by atoms with E-state index >= 15 is 0 Å². The molecule has 1 aliphatic heterocycles. The predicted octanol–water partition coefficient (Wildman–Crippen LogP) is 0.424. The lowest BCUT2D eigenvalue weighted by atomic mass is 9.93. The van der Waals surface area contributed by atoms with Gasteiger partial charge in [-0.25, -0.2) is 0 Å². The van der Waals surface area contributed by atoms with Crippen molar-refractivity contribution in [1.82, 2.24) is 15.2 Å². The van der Waals surface area contributed by atoms with E-state index in [2.05, 4.69) is 10.3 Å². The first kappa shape index (κ1) is 13.9. The minimum atomic E-state index is -0.349. The standard InChI is InChI=1S/C15H19N3O3/c1-10-2-3-11(13(20)16-10)14(21)17-12-8-15(12)4-6-18(9-19)7-5-15/h2-3,9,12H,4-8H2,1H3,(H,16,20)(H,17,21)/t12-/m1/s1. The number of piperidine rings is 1. The quantitative estimate of drug-likeness (QED) is 0.791. The lowest BCUT2D eigenvalue weighted by Crippen LogP contribution is -2.39. The zero-order valence-electron chi connectivity index (χ0n) is 12.0. The van der Waals surface area contributed by atoms with Gasteiger partial charge in [-0.2, -0.15) is 0 Å². The van der Waals surface area contributed by atoms with Gasteiger partial charge in [0.25, 0.3) is 11.5 Å². The SMILES string of the molecule is Cc1ccc(C(=O)N[C@@H]2CC23CCN(C=O)CC3)c(=O)[nH]1. The van der Waals surface area contributed by atoms with Gasteiger partial charge in [-0.3, -0.25) is 14.4 Å². The highest BCUT2D eigenvalue weighted by molar-refractivity contribution is 5.94. The summed E-state index contributed by atoms with van der Waals surface area (Å²) in [5.74, 6) is -0.309. The van der Waals surface area contributed by atoms with Crippen LogP contribution in [0.4, 0.5) is 0 Å². The van der Waals surface area contributed by atoms with Crippen LogP contribution in [0, 0.1) is 12.3 Å². The molecule has 1 spiro atoms. The number of aryl methyl sites for hydroxylation is 1. The maximum atomic E-state index is 12.2. The van der Waals surface area contributed by atoms with E-state index in [1.807, 2.05) is 0 Å². The van der Waals surface area contributed by atoms with Crippen molar-refractivity contribution in [3.05, 3.63) is 33.7 Å². The van der Waals surface area contributed by atoms with Gasteiger partial charge in [-0.05, 0) is 43.7 Å². The second-order valence-electron chi connectivity index (χ2n) is 6.12. The van der Waals surface area contributed by atoms with Crippen molar-refractivity contribution in [1.29, 1.82) is 0 Å². The van der Waals surface area contributed by atoms with E-state index in [-0.39, 0.29) is 28.5 Å². The summed E-state index contributed by atoms with van der Waals surface area (Å²) in [5, 5.41) is 2.96. The number of likely N-dealkylation sites (tertiary alicyclic amines) is 1. The average Bonchev–Trinajstić information content (AvgIpc) is 3.11. The van der Waals surface area contributed by atoms with Gasteiger partial charge in [0.1, 0.15) is 5.56 Å². The number of hydrogen-bond acceptors (Lipinski definition) is 3. The van der Waals surface area contributed by atoms with E-state index in [1.165, 1.54) is 0 Å². The Bertz CT molecular complexity index is 629. The smallest absolute Gasteiger partial charge is 0.260 e. The molecule has 6 heteroatoms. The van der Waals surface area contributed by atoms with Crippen molar-refractivity contribution in [2.24, 2.45) is 5.41 Å². The van der Waals surface area contributed by atoms with Crippen molar-refractivity contribution in [3.8, 4) is 0 Å². The Hall–Kier alpha value is -2.11. The predicted molar refractivity (Wildman–Crippen MR) is 77.0 cm³/mol. The minimum absolute atomic E-state index is 0.125. The molecule has 2 aliphatic rings. The third-order valence-electron chi connectivity index (χ3n) is 4.74. The average molecular weight is 289 g/mol. The van der Waals surface area contributed by atoms with E-state index in [4.69, 9.17) is 0 Å². The van der Waals surface area contributed by atoms with Crippen LogP contribution in [0.15, 0.2) is 16.9 Å². The van der Waals surface area contributed by atoms with E-state index in [0.717, 1.165) is 44.5 Å². The van der Waals surface area contributed by atoms with Crippen molar-refractivity contribution >= 4 is 12.3 Å². The van der Waals surface area contributed by atoms with Crippen LogP contribution in [0.2, 0.25) is 0 Å². The Morgan fingerprint density at radius 1 is 1.43 bits per heavy atom. The number of H-pyrrole nitrogens is 1. The number of aromatic amines is 1. The Kier molecular flexibility index (Phi) is 3.31. The highest BCUT2D eigenvalue weighted by Gasteiger charge is 2.55. The van der Waals surface area contributed by atoms with Crippen molar-refractivity contribution in [3.63, 3.8) is 0 Å². The molecule has 0 radical (unpaired) electrons. The Morgan fingerprint density at radius 2 is 2.14 bits per heavy atom. The summed E-state index contributed by atoms with van der Waals surface area (Å²) >= 11 is 0. The van der Waals surface area contributed by atoms with Gasteiger partial charge in [-0.1, -0.05) is 0 Å². The van der Waals surface area contributed by atoms with Crippen LogP contribution in [0.5, 0.6) is 0 Å². The summed E-state index contributed by atoms with van der Waals surface area (Å²) in [5.41, 5.74) is 0.679. The fraction of sp³-hybridized carbons (Fsp3) is 0.533. The van der Waals surface area contributed by atoms with Crippen LogP contribution >= 0.6 is 0 Å². The molecular weight excluding hydrogens is 270 g/mol. The zero-order valence-corrected chi connectivity index (χ0v) is 12.0. The Labute approximate surface area is 122 Å². The number of nitrogens with one attached hydrogen (secondary N) is 2. The van der Waals surface area contributed by atoms with E-state index < -0.39 is 0 Å². The van der Waals surface area contributed by atoms with Gasteiger partial charge in [-0.15, -0.1) is 0 Å². The summed E-state index contributed by atoms with van der Waals surface area (Å²) in [7, 11) is 0. The summed E-state index contributed by atoms with van der Waals surface area (Å²) < 4.78 is 0. The first-order chi connectivity index (χ1) is 10.0. The largest absolute Gasteiger partial charge is 0.349 e. The molecule has 3 rings (SSSR count). The van der Waals surface area contributed by atoms with Crippen LogP contribution in [0.3, 0.4) is 0 Å². The van der Waals surface area contributed by atoms with Crippen molar-refractivity contribution < 1.29 is 9.59 Å². The molecule has 1 aliphatic carbocycles. The summed E-state index contributed by atoms with van der Waals surface area (Å²) in [6.45, 7) is 3.28. The van der Waals surface area contributed by atoms with Gasteiger partial charge < -0.3 is 15.2 Å². The summed E-state index contributed by atoms with van der Waals surface area (Å²) in [4.78, 5) is 39.1. The normalized spacial score (nSPS) is 22.9. The van der Waals surface area contributed by atoms with Crippen molar-refractivity contribution in [2.45, 2.75) is 32.2 Å². The van der Waals surface area contributed by atoms with Crippen LogP contribution in [-0.4, -0.2) is 41.3 Å². The first-order valence-corrected chi connectivity index (χ1v) is 7.24. The highest BCUT2D eigenvalue weighted by atomic mass is 16.2. The highest BCUT2D eigenvalue weighted by Crippen LogP contribution is 2.53. The molecule has 1 atom stereocenters. The number of hydrogen-bond donors (Lipinski definition) is 2. The van der Waals surface area contributed by atoms with E-state index in [1.54, 1.807) is 24.0 Å². The maximum Gasteiger partial charge on any atom is 0.260 e. The molecule has 2 fully saturated rings. The molecule has 112 valence electrons. The van der Waals surface area contributed by atoms with Gasteiger partial charge in [0.05, 0.1) is 0 Å². The molecule has 2 amide bonds. The number of pyridine rings is 1. The van der Waals surface area contributed by atoms with Crippen LogP contribution in [-0.2, 0) is 4.79 Å². The zero-order chi connectivity index (χ0) is 15.0. The van der Waals surface area contributed by atoms with Crippen molar-refractivity contribution in [2.75, 3.05) is 13.1 Å². The van der Waals surface area contributed by atoms with Gasteiger partial charge in [0.2, 0.25) is 6.41 Å². The molecule has 1 saturated carbocycles. The lowest BCUT2D eigenvalue weighted by molar-refractivity contribution is -0.119. The molecule has 1 saturated heterocycles. The molecule has 21 heavy (non-hydrogen) atoms. The topological polar surface area (TPSA) is 82.3 Å². The molecule has 6 nitrogen and oxygen atoms in total. The third-order valence-corrected chi connectivity index (χ3v) is 4.74. The Balaban J connectivity index is 1.62. The van der Waals surface area contributed by atoms with E-state index in [0.29, 0.717) is 0 Å². The second-order valence-corrected chi connectivity index (χ2v) is 6.12. The molecule has 0 unspecified atom stereocenters. The number of carbonyl (C=O) groups is 2.